The minimum Gasteiger partial charge on any atom is -0.387 e. The number of likely N-dealkylation sites (tertiary alicyclic amines) is 1. The van der Waals surface area contributed by atoms with E-state index in [1.807, 2.05) is 6.92 Å². The maximum atomic E-state index is 11.5. The third kappa shape index (κ3) is 2.59. The number of β-amino-alcohol motifs (C(OH)–C–C–N with tert-alkyl or cyclic N) is 1. The van der Waals surface area contributed by atoms with Gasteiger partial charge in [-0.1, -0.05) is 0 Å². The zero-order chi connectivity index (χ0) is 10.6. The van der Waals surface area contributed by atoms with Crippen LogP contribution in [0.4, 0.5) is 4.79 Å². The molecule has 0 aromatic rings. The molecule has 4 N–H and O–H groups in total. The summed E-state index contributed by atoms with van der Waals surface area (Å²) in [6, 6.07) is -0.112. The fourth-order valence-electron chi connectivity index (χ4n) is 1.72. The maximum absolute atomic E-state index is 11.5. The minimum absolute atomic E-state index is 0.112. The van der Waals surface area contributed by atoms with Gasteiger partial charge in [0.2, 0.25) is 0 Å². The fraction of sp³-hybridized carbons (Fsp3) is 0.889. The highest BCUT2D eigenvalue weighted by atomic mass is 16.3. The zero-order valence-electron chi connectivity index (χ0n) is 8.62. The summed E-state index contributed by atoms with van der Waals surface area (Å²) in [7, 11) is 0. The Morgan fingerprint density at radius 1 is 1.71 bits per heavy atom. The highest BCUT2D eigenvalue weighted by Gasteiger charge is 2.33. The van der Waals surface area contributed by atoms with Gasteiger partial charge in [-0.2, -0.15) is 0 Å². The molecule has 1 unspecified atom stereocenters. The number of hydrogen-bond donors (Lipinski definition) is 3. The van der Waals surface area contributed by atoms with Crippen LogP contribution in [0.3, 0.4) is 0 Å². The van der Waals surface area contributed by atoms with Crippen LogP contribution in [0.5, 0.6) is 0 Å². The second-order valence-electron chi connectivity index (χ2n) is 3.79. The lowest BCUT2D eigenvalue weighted by molar-refractivity contribution is -0.0105. The van der Waals surface area contributed by atoms with Crippen molar-refractivity contribution in [1.82, 2.24) is 10.2 Å². The van der Waals surface area contributed by atoms with E-state index in [1.165, 1.54) is 0 Å². The van der Waals surface area contributed by atoms with E-state index in [1.54, 1.807) is 4.90 Å². The molecule has 0 aromatic heterocycles. The van der Waals surface area contributed by atoms with Crippen molar-refractivity contribution >= 4 is 6.03 Å². The van der Waals surface area contributed by atoms with E-state index in [0.717, 1.165) is 6.42 Å². The first-order chi connectivity index (χ1) is 6.61. The normalized spacial score (nSPS) is 27.5. The largest absolute Gasteiger partial charge is 0.387 e. The molecule has 2 amide bonds. The number of nitrogens with zero attached hydrogens (tertiary/aromatic N) is 1. The second-order valence-corrected chi connectivity index (χ2v) is 3.79. The summed E-state index contributed by atoms with van der Waals surface area (Å²) >= 11 is 0. The predicted molar refractivity (Wildman–Crippen MR) is 53.9 cm³/mol. The summed E-state index contributed by atoms with van der Waals surface area (Å²) in [5.74, 6) is 0. The summed E-state index contributed by atoms with van der Waals surface area (Å²) in [6.07, 6.45) is 1.49. The number of hydrogen-bond acceptors (Lipinski definition) is 3. The third-order valence-electron chi connectivity index (χ3n) is 2.55. The van der Waals surface area contributed by atoms with Crippen molar-refractivity contribution in [2.24, 2.45) is 5.73 Å². The standard InChI is InChI=1S/C9H19N3O2/c1-2-11-8(13)12-5-3-4-9(14,6-10)7-12/h14H,2-7,10H2,1H3,(H,11,13). The van der Waals surface area contributed by atoms with Crippen LogP contribution in [0.25, 0.3) is 0 Å². The van der Waals surface area contributed by atoms with Crippen LogP contribution in [0.2, 0.25) is 0 Å². The third-order valence-corrected chi connectivity index (χ3v) is 2.55. The van der Waals surface area contributed by atoms with Gasteiger partial charge >= 0.3 is 6.03 Å². The van der Waals surface area contributed by atoms with Crippen molar-refractivity contribution in [2.45, 2.75) is 25.4 Å². The van der Waals surface area contributed by atoms with Gasteiger partial charge in [-0.15, -0.1) is 0 Å². The summed E-state index contributed by atoms with van der Waals surface area (Å²) in [6.45, 7) is 3.74. The average Bonchev–Trinajstić information content (AvgIpc) is 2.18. The molecule has 0 bridgehead atoms. The fourth-order valence-corrected chi connectivity index (χ4v) is 1.72. The van der Waals surface area contributed by atoms with Crippen molar-refractivity contribution in [3.63, 3.8) is 0 Å². The van der Waals surface area contributed by atoms with Gasteiger partial charge in [0.25, 0.3) is 0 Å². The Hall–Kier alpha value is -0.810. The molecule has 1 saturated heterocycles. The molecule has 1 atom stereocenters. The summed E-state index contributed by atoms with van der Waals surface area (Å²) in [4.78, 5) is 13.1. The van der Waals surface area contributed by atoms with E-state index in [-0.39, 0.29) is 12.6 Å². The van der Waals surface area contributed by atoms with Crippen molar-refractivity contribution < 1.29 is 9.90 Å². The molecular weight excluding hydrogens is 182 g/mol. The number of amides is 2. The van der Waals surface area contributed by atoms with E-state index < -0.39 is 5.60 Å². The zero-order valence-corrected chi connectivity index (χ0v) is 8.62. The molecule has 5 nitrogen and oxygen atoms in total. The number of aliphatic hydroxyl groups is 1. The molecule has 0 radical (unpaired) electrons. The molecule has 1 aliphatic rings. The quantitative estimate of drug-likeness (QED) is 0.563. The van der Waals surface area contributed by atoms with Gasteiger partial charge in [-0.25, -0.2) is 4.79 Å². The summed E-state index contributed by atoms with van der Waals surface area (Å²) < 4.78 is 0. The van der Waals surface area contributed by atoms with E-state index >= 15 is 0 Å². The summed E-state index contributed by atoms with van der Waals surface area (Å²) in [5, 5.41) is 12.6. The van der Waals surface area contributed by atoms with Crippen LogP contribution < -0.4 is 11.1 Å². The van der Waals surface area contributed by atoms with Crippen LogP contribution >= 0.6 is 0 Å². The SMILES string of the molecule is CCNC(=O)N1CCCC(O)(CN)C1. The first-order valence-electron chi connectivity index (χ1n) is 5.06. The minimum atomic E-state index is -0.886. The van der Waals surface area contributed by atoms with Gasteiger partial charge in [0, 0.05) is 19.6 Å². The molecule has 0 spiro atoms. The van der Waals surface area contributed by atoms with Crippen LogP contribution in [0, 0.1) is 0 Å². The molecule has 0 aromatic carbocycles. The monoisotopic (exact) mass is 201 g/mol. The first kappa shape index (κ1) is 11.3. The number of carbonyl (C=O) groups excluding carboxylic acids is 1. The van der Waals surface area contributed by atoms with Gasteiger partial charge in [0.15, 0.2) is 0 Å². The maximum Gasteiger partial charge on any atom is 0.317 e. The molecule has 0 aliphatic carbocycles. The van der Waals surface area contributed by atoms with E-state index in [2.05, 4.69) is 5.32 Å². The molecule has 14 heavy (non-hydrogen) atoms. The Bertz CT molecular complexity index is 210. The Morgan fingerprint density at radius 2 is 2.43 bits per heavy atom. The number of piperidine rings is 1. The lowest BCUT2D eigenvalue weighted by Crippen LogP contribution is -2.56. The van der Waals surface area contributed by atoms with Gasteiger partial charge < -0.3 is 21.1 Å². The number of carbonyl (C=O) groups is 1. The first-order valence-corrected chi connectivity index (χ1v) is 5.06. The molecule has 5 heteroatoms. The van der Waals surface area contributed by atoms with Crippen LogP contribution in [0.1, 0.15) is 19.8 Å². The Kier molecular flexibility index (Phi) is 3.71. The molecular formula is C9H19N3O2. The highest BCUT2D eigenvalue weighted by molar-refractivity contribution is 5.74. The molecule has 1 fully saturated rings. The topological polar surface area (TPSA) is 78.6 Å². The Balaban J connectivity index is 2.51. The van der Waals surface area contributed by atoms with Gasteiger partial charge in [-0.3, -0.25) is 0 Å². The number of urea groups is 1. The molecule has 1 aliphatic heterocycles. The van der Waals surface area contributed by atoms with Crippen LogP contribution in [-0.2, 0) is 0 Å². The second kappa shape index (κ2) is 4.61. The molecule has 82 valence electrons. The smallest absolute Gasteiger partial charge is 0.317 e. The van der Waals surface area contributed by atoms with Crippen LogP contribution in [0.15, 0.2) is 0 Å². The van der Waals surface area contributed by atoms with Gasteiger partial charge in [0.05, 0.1) is 12.1 Å². The van der Waals surface area contributed by atoms with E-state index in [4.69, 9.17) is 5.73 Å². The average molecular weight is 201 g/mol. The number of rotatable bonds is 2. The van der Waals surface area contributed by atoms with Crippen molar-refractivity contribution in [3.8, 4) is 0 Å². The van der Waals surface area contributed by atoms with Crippen molar-refractivity contribution in [1.29, 1.82) is 0 Å². The number of nitrogens with one attached hydrogen (secondary N) is 1. The predicted octanol–water partition coefficient (Wildman–Crippen LogP) is -0.498. The van der Waals surface area contributed by atoms with Gasteiger partial charge in [-0.05, 0) is 19.8 Å². The van der Waals surface area contributed by atoms with E-state index in [9.17, 15) is 9.90 Å². The Morgan fingerprint density at radius 3 is 3.00 bits per heavy atom. The molecule has 0 saturated carbocycles. The van der Waals surface area contributed by atoms with E-state index in [0.29, 0.717) is 26.1 Å². The molecule has 1 rings (SSSR count). The highest BCUT2D eigenvalue weighted by Crippen LogP contribution is 2.19. The van der Waals surface area contributed by atoms with Crippen LogP contribution in [-0.4, -0.2) is 47.8 Å². The van der Waals surface area contributed by atoms with Crippen molar-refractivity contribution in [2.75, 3.05) is 26.2 Å². The molecule has 1 heterocycles. The Labute approximate surface area is 84.3 Å². The lowest BCUT2D eigenvalue weighted by Gasteiger charge is -2.38. The summed E-state index contributed by atoms with van der Waals surface area (Å²) in [5.41, 5.74) is 4.58. The lowest BCUT2D eigenvalue weighted by atomic mass is 9.93. The number of nitrogens with two attached hydrogens (primary N) is 1. The van der Waals surface area contributed by atoms with Gasteiger partial charge in [0.1, 0.15) is 0 Å². The van der Waals surface area contributed by atoms with Crippen molar-refractivity contribution in [3.05, 3.63) is 0 Å².